The summed E-state index contributed by atoms with van der Waals surface area (Å²) in [5.41, 5.74) is 9.32. The zero-order valence-corrected chi connectivity index (χ0v) is 13.5. The Morgan fingerprint density at radius 1 is 0.818 bits per heavy atom. The summed E-state index contributed by atoms with van der Waals surface area (Å²) in [4.78, 5) is 4.99. The first-order valence-electron chi connectivity index (χ1n) is 7.72. The molecule has 3 rings (SSSR count). The molecule has 1 aliphatic rings. The van der Waals surface area contributed by atoms with Gasteiger partial charge in [0, 0.05) is 50.0 Å². The molecule has 0 radical (unpaired) electrons. The highest BCUT2D eigenvalue weighted by Crippen LogP contribution is 2.15. The fourth-order valence-corrected chi connectivity index (χ4v) is 3.03. The van der Waals surface area contributed by atoms with E-state index in [4.69, 9.17) is 17.3 Å². The molecule has 0 unspecified atom stereocenters. The van der Waals surface area contributed by atoms with Gasteiger partial charge in [-0.05, 0) is 35.4 Å². The number of nitrogens with zero attached hydrogens (tertiary/aromatic N) is 2. The van der Waals surface area contributed by atoms with Crippen LogP contribution >= 0.6 is 11.6 Å². The highest BCUT2D eigenvalue weighted by Gasteiger charge is 2.17. The van der Waals surface area contributed by atoms with Gasteiger partial charge < -0.3 is 5.73 Å². The number of rotatable bonds is 4. The Hall–Kier alpha value is -1.55. The largest absolute Gasteiger partial charge is 0.399 e. The van der Waals surface area contributed by atoms with E-state index in [0.717, 1.165) is 50.0 Å². The lowest BCUT2D eigenvalue weighted by atomic mass is 10.1. The van der Waals surface area contributed by atoms with Crippen LogP contribution in [0, 0.1) is 0 Å². The van der Waals surface area contributed by atoms with E-state index in [-0.39, 0.29) is 0 Å². The van der Waals surface area contributed by atoms with Crippen LogP contribution in [0.25, 0.3) is 0 Å². The molecular formula is C18H22ClN3. The SMILES string of the molecule is Nc1cccc(CN2CCN(Cc3ccc(Cl)cc3)CC2)c1. The van der Waals surface area contributed by atoms with Crippen molar-refractivity contribution in [1.29, 1.82) is 0 Å². The van der Waals surface area contributed by atoms with Gasteiger partial charge in [0.05, 0.1) is 0 Å². The predicted octanol–water partition coefficient (Wildman–Crippen LogP) is 3.24. The van der Waals surface area contributed by atoms with Crippen LogP contribution in [0.5, 0.6) is 0 Å². The minimum Gasteiger partial charge on any atom is -0.399 e. The van der Waals surface area contributed by atoms with E-state index >= 15 is 0 Å². The van der Waals surface area contributed by atoms with Gasteiger partial charge >= 0.3 is 0 Å². The van der Waals surface area contributed by atoms with Crippen molar-refractivity contribution in [2.24, 2.45) is 0 Å². The molecular weight excluding hydrogens is 294 g/mol. The first kappa shape index (κ1) is 15.3. The van der Waals surface area contributed by atoms with Crippen LogP contribution < -0.4 is 5.73 Å². The Labute approximate surface area is 137 Å². The second-order valence-electron chi connectivity index (χ2n) is 5.92. The normalized spacial score (nSPS) is 16.8. The van der Waals surface area contributed by atoms with Crippen molar-refractivity contribution in [3.63, 3.8) is 0 Å². The van der Waals surface area contributed by atoms with Gasteiger partial charge in [-0.25, -0.2) is 0 Å². The van der Waals surface area contributed by atoms with Crippen molar-refractivity contribution >= 4 is 17.3 Å². The zero-order valence-electron chi connectivity index (χ0n) is 12.7. The third-order valence-corrected chi connectivity index (χ3v) is 4.39. The number of anilines is 1. The van der Waals surface area contributed by atoms with Gasteiger partial charge in [0.25, 0.3) is 0 Å². The molecule has 0 aromatic heterocycles. The molecule has 0 amide bonds. The maximum atomic E-state index is 5.93. The summed E-state index contributed by atoms with van der Waals surface area (Å²) >= 11 is 5.93. The molecule has 3 nitrogen and oxygen atoms in total. The average Bonchev–Trinajstić information content (AvgIpc) is 2.52. The Kier molecular flexibility index (Phi) is 4.98. The molecule has 2 N–H and O–H groups in total. The third-order valence-electron chi connectivity index (χ3n) is 4.14. The number of hydrogen-bond donors (Lipinski definition) is 1. The molecule has 116 valence electrons. The lowest BCUT2D eigenvalue weighted by molar-refractivity contribution is 0.122. The average molecular weight is 316 g/mol. The van der Waals surface area contributed by atoms with Crippen LogP contribution in [0.4, 0.5) is 5.69 Å². The molecule has 0 aliphatic carbocycles. The number of nitrogens with two attached hydrogens (primary N) is 1. The van der Waals surface area contributed by atoms with Crippen molar-refractivity contribution in [2.75, 3.05) is 31.9 Å². The molecule has 0 atom stereocenters. The number of nitrogen functional groups attached to an aromatic ring is 1. The Morgan fingerprint density at radius 2 is 1.41 bits per heavy atom. The lowest BCUT2D eigenvalue weighted by Gasteiger charge is -2.34. The standard InChI is InChI=1S/C18H22ClN3/c19-17-6-4-15(5-7-17)13-21-8-10-22(11-9-21)14-16-2-1-3-18(20)12-16/h1-7,12H,8-11,13-14,20H2. The highest BCUT2D eigenvalue weighted by atomic mass is 35.5. The fourth-order valence-electron chi connectivity index (χ4n) is 2.90. The highest BCUT2D eigenvalue weighted by molar-refractivity contribution is 6.30. The number of benzene rings is 2. The molecule has 2 aromatic carbocycles. The van der Waals surface area contributed by atoms with Crippen LogP contribution in [0.3, 0.4) is 0 Å². The van der Waals surface area contributed by atoms with Crippen molar-refractivity contribution in [3.05, 3.63) is 64.7 Å². The first-order valence-corrected chi connectivity index (χ1v) is 8.10. The first-order chi connectivity index (χ1) is 10.7. The van der Waals surface area contributed by atoms with Crippen LogP contribution in [0.1, 0.15) is 11.1 Å². The second-order valence-corrected chi connectivity index (χ2v) is 6.36. The van der Waals surface area contributed by atoms with Crippen LogP contribution in [0.15, 0.2) is 48.5 Å². The van der Waals surface area contributed by atoms with Gasteiger partial charge in [0.15, 0.2) is 0 Å². The minimum absolute atomic E-state index is 0.802. The topological polar surface area (TPSA) is 32.5 Å². The van der Waals surface area contributed by atoms with Gasteiger partial charge in [-0.1, -0.05) is 35.9 Å². The van der Waals surface area contributed by atoms with E-state index in [9.17, 15) is 0 Å². The smallest absolute Gasteiger partial charge is 0.0406 e. The van der Waals surface area contributed by atoms with Gasteiger partial charge in [-0.15, -0.1) is 0 Å². The fraction of sp³-hybridized carbons (Fsp3) is 0.333. The monoisotopic (exact) mass is 315 g/mol. The van der Waals surface area contributed by atoms with Gasteiger partial charge in [0.2, 0.25) is 0 Å². The van der Waals surface area contributed by atoms with Crippen molar-refractivity contribution < 1.29 is 0 Å². The van der Waals surface area contributed by atoms with Gasteiger partial charge in [0.1, 0.15) is 0 Å². The summed E-state index contributed by atoms with van der Waals surface area (Å²) < 4.78 is 0. The molecule has 1 saturated heterocycles. The van der Waals surface area contributed by atoms with E-state index < -0.39 is 0 Å². The maximum absolute atomic E-state index is 5.93. The minimum atomic E-state index is 0.802. The Morgan fingerprint density at radius 3 is 2.00 bits per heavy atom. The molecule has 22 heavy (non-hydrogen) atoms. The van der Waals surface area contributed by atoms with Crippen LogP contribution in [-0.4, -0.2) is 36.0 Å². The Balaban J connectivity index is 1.49. The van der Waals surface area contributed by atoms with Gasteiger partial charge in [-0.3, -0.25) is 9.80 Å². The molecule has 0 bridgehead atoms. The van der Waals surface area contributed by atoms with E-state index in [1.54, 1.807) is 0 Å². The molecule has 1 aliphatic heterocycles. The molecule has 1 heterocycles. The van der Waals surface area contributed by atoms with Crippen molar-refractivity contribution in [3.8, 4) is 0 Å². The van der Waals surface area contributed by atoms with Crippen LogP contribution in [-0.2, 0) is 13.1 Å². The van der Waals surface area contributed by atoms with E-state index in [1.807, 2.05) is 24.3 Å². The van der Waals surface area contributed by atoms with Gasteiger partial charge in [-0.2, -0.15) is 0 Å². The summed E-state index contributed by atoms with van der Waals surface area (Å²) in [5.74, 6) is 0. The maximum Gasteiger partial charge on any atom is 0.0406 e. The quantitative estimate of drug-likeness (QED) is 0.879. The molecule has 0 saturated carbocycles. The summed E-state index contributed by atoms with van der Waals surface area (Å²) in [6.45, 7) is 6.39. The van der Waals surface area contributed by atoms with Crippen molar-refractivity contribution in [1.82, 2.24) is 9.80 Å². The molecule has 4 heteroatoms. The molecule has 2 aromatic rings. The van der Waals surface area contributed by atoms with Crippen molar-refractivity contribution in [2.45, 2.75) is 13.1 Å². The third kappa shape index (κ3) is 4.23. The van der Waals surface area contributed by atoms with E-state index in [1.165, 1.54) is 11.1 Å². The second kappa shape index (κ2) is 7.14. The summed E-state index contributed by atoms with van der Waals surface area (Å²) in [7, 11) is 0. The summed E-state index contributed by atoms with van der Waals surface area (Å²) in [5, 5.41) is 0.802. The lowest BCUT2D eigenvalue weighted by Crippen LogP contribution is -2.45. The number of hydrogen-bond acceptors (Lipinski definition) is 3. The van der Waals surface area contributed by atoms with E-state index in [0.29, 0.717) is 0 Å². The van der Waals surface area contributed by atoms with E-state index in [2.05, 4.69) is 34.1 Å². The summed E-state index contributed by atoms with van der Waals surface area (Å²) in [6, 6.07) is 16.3. The molecule has 1 fully saturated rings. The number of halogens is 1. The zero-order chi connectivity index (χ0) is 15.4. The summed E-state index contributed by atoms with van der Waals surface area (Å²) in [6.07, 6.45) is 0. The van der Waals surface area contributed by atoms with Crippen LogP contribution in [0.2, 0.25) is 5.02 Å². The number of piperazine rings is 1. The predicted molar refractivity (Wildman–Crippen MR) is 92.9 cm³/mol. The Bertz CT molecular complexity index is 604. The molecule has 0 spiro atoms.